The number of carbonyl (C=O) groups excluding carboxylic acids is 1. The number of anilines is 3. The molecule has 8 rings (SSSR count). The Morgan fingerprint density at radius 1 is 1.03 bits per heavy atom. The van der Waals surface area contributed by atoms with Crippen LogP contribution in [0.5, 0.6) is 11.5 Å². The number of benzene rings is 3. The number of allylic oxidation sites excluding steroid dienone is 2. The molecule has 1 unspecified atom stereocenters. The van der Waals surface area contributed by atoms with Gasteiger partial charge >= 0.3 is 0 Å². The number of hydrogen-bond acceptors (Lipinski definition) is 11. The van der Waals surface area contributed by atoms with Crippen LogP contribution in [0.15, 0.2) is 102 Å². The van der Waals surface area contributed by atoms with E-state index in [-0.39, 0.29) is 5.91 Å². The second kappa shape index (κ2) is 20.5. The van der Waals surface area contributed by atoms with E-state index in [9.17, 15) is 10.0 Å². The fraction of sp³-hybridized carbons (Fsp3) is 0.378. The minimum Gasteiger partial charge on any atom is -0.455 e. The Morgan fingerprint density at radius 2 is 1.83 bits per heavy atom. The third kappa shape index (κ3) is 11.5. The van der Waals surface area contributed by atoms with Crippen molar-refractivity contribution in [1.29, 1.82) is 0 Å². The Bertz CT molecular complexity index is 2190. The minimum atomic E-state index is -0.313. The molecule has 0 saturated carbocycles. The van der Waals surface area contributed by atoms with Gasteiger partial charge in [0.25, 0.3) is 5.91 Å². The highest BCUT2D eigenvalue weighted by Gasteiger charge is 2.21. The number of hydrogen-bond donors (Lipinski definition) is 4. The zero-order chi connectivity index (χ0) is 41.1. The maximum absolute atomic E-state index is 13.6. The number of ether oxygens (including phenoxy) is 2. The van der Waals surface area contributed by atoms with E-state index in [0.29, 0.717) is 39.5 Å². The standard InChI is InChI=1S/C32H39N7O5S.C13H15Cl/c1-37-11-13-38(14-12-37)24-3-5-27(30(18-24)44-25-17-23-7-10-33-31(23)35-21-25)32(40)36-45-26-4-6-28(29(19-26)39(41)42-2)34-20-22-8-15-43-16-9-22;1-10-2-4-11(5-3-10)12-6-8-13(14)9-7-12/h3-7,10,17-19,21-22,34,41H,8-9,11-16,20H2,1-2H3,(H,33,35)(H,36,40);2,6-9,11H,3-5H2,1H3. The van der Waals surface area contributed by atoms with Gasteiger partial charge in [0.2, 0.25) is 0 Å². The number of fused-ring (bicyclic) bond motifs is 1. The molecular formula is C45H54ClN7O5S. The lowest BCUT2D eigenvalue weighted by atomic mass is 9.85. The Balaban J connectivity index is 0.000000317. The van der Waals surface area contributed by atoms with E-state index >= 15 is 0 Å². The van der Waals surface area contributed by atoms with Crippen molar-refractivity contribution in [2.45, 2.75) is 49.8 Å². The first-order valence-corrected chi connectivity index (χ1v) is 21.5. The third-order valence-corrected chi connectivity index (χ3v) is 12.2. The van der Waals surface area contributed by atoms with Gasteiger partial charge in [-0.05, 0) is 130 Å². The summed E-state index contributed by atoms with van der Waals surface area (Å²) in [6.07, 6.45) is 11.5. The summed E-state index contributed by atoms with van der Waals surface area (Å²) in [5, 5.41) is 16.3. The largest absolute Gasteiger partial charge is 0.455 e. The molecule has 2 saturated heterocycles. The number of aromatic nitrogens is 2. The average molecular weight is 840 g/mol. The lowest BCUT2D eigenvalue weighted by Gasteiger charge is -2.34. The van der Waals surface area contributed by atoms with Gasteiger partial charge in [-0.1, -0.05) is 35.4 Å². The van der Waals surface area contributed by atoms with Crippen LogP contribution >= 0.6 is 23.5 Å². The van der Waals surface area contributed by atoms with Crippen molar-refractivity contribution in [3.05, 3.63) is 113 Å². The number of halogens is 1. The number of pyridine rings is 1. The van der Waals surface area contributed by atoms with Crippen molar-refractivity contribution in [3.8, 4) is 11.5 Å². The van der Waals surface area contributed by atoms with Gasteiger partial charge in [-0.2, -0.15) is 0 Å². The van der Waals surface area contributed by atoms with Gasteiger partial charge in [-0.25, -0.2) is 4.98 Å². The highest BCUT2D eigenvalue weighted by molar-refractivity contribution is 7.98. The summed E-state index contributed by atoms with van der Waals surface area (Å²) < 4.78 is 14.7. The third-order valence-electron chi connectivity index (χ3n) is 11.2. The van der Waals surface area contributed by atoms with E-state index in [2.05, 4.69) is 62.0 Å². The molecule has 312 valence electrons. The zero-order valence-electron chi connectivity index (χ0n) is 34.0. The number of piperazine rings is 1. The fourth-order valence-electron chi connectivity index (χ4n) is 7.50. The number of aromatic amines is 1. The van der Waals surface area contributed by atoms with Crippen LogP contribution < -0.4 is 24.9 Å². The number of amides is 1. The van der Waals surface area contributed by atoms with Gasteiger partial charge < -0.3 is 29.6 Å². The van der Waals surface area contributed by atoms with E-state index < -0.39 is 0 Å². The molecule has 2 fully saturated rings. The van der Waals surface area contributed by atoms with E-state index in [0.717, 1.165) is 103 Å². The highest BCUT2D eigenvalue weighted by Crippen LogP contribution is 2.35. The average Bonchev–Trinajstić information content (AvgIpc) is 3.74. The highest BCUT2D eigenvalue weighted by atomic mass is 35.5. The van der Waals surface area contributed by atoms with Gasteiger partial charge in [0.15, 0.2) is 0 Å². The number of nitrogens with one attached hydrogen (secondary N) is 3. The second-order valence-corrected chi connectivity index (χ2v) is 16.7. The van der Waals surface area contributed by atoms with Crippen molar-refractivity contribution in [1.82, 2.24) is 19.6 Å². The molecule has 4 heterocycles. The second-order valence-electron chi connectivity index (χ2n) is 15.3. The molecule has 1 amide bonds. The molecule has 0 bridgehead atoms. The number of carbonyl (C=O) groups is 1. The van der Waals surface area contributed by atoms with Crippen molar-refractivity contribution < 1.29 is 24.3 Å². The molecule has 12 nitrogen and oxygen atoms in total. The molecule has 1 atom stereocenters. The van der Waals surface area contributed by atoms with Crippen LogP contribution in [0, 0.1) is 5.92 Å². The predicted molar refractivity (Wildman–Crippen MR) is 237 cm³/mol. The van der Waals surface area contributed by atoms with Crippen molar-refractivity contribution in [2.75, 3.05) is 75.5 Å². The molecule has 0 radical (unpaired) electrons. The molecule has 2 aromatic heterocycles. The Labute approximate surface area is 355 Å². The predicted octanol–water partition coefficient (Wildman–Crippen LogP) is 9.69. The Morgan fingerprint density at radius 3 is 2.58 bits per heavy atom. The van der Waals surface area contributed by atoms with E-state index in [1.54, 1.807) is 18.3 Å². The number of H-pyrrole nitrogens is 1. The van der Waals surface area contributed by atoms with Gasteiger partial charge in [0, 0.05) is 79.2 Å². The summed E-state index contributed by atoms with van der Waals surface area (Å²) in [4.78, 5) is 31.5. The number of rotatable bonds is 12. The molecule has 4 N–H and O–H groups in total. The SMILES string of the molecule is CC1=CCC(c2ccc(Cl)cc2)CC1.CON(O)c1cc(SNC(=O)c2ccc(N3CCN(C)CC3)cc2Oc2cnc3[nH]ccc3c2)ccc1NCC1CCOCC1. The van der Waals surface area contributed by atoms with Crippen LogP contribution in [-0.4, -0.2) is 86.1 Å². The number of nitrogens with zero attached hydrogens (tertiary/aromatic N) is 4. The number of likely N-dealkylation sites (N-methyl/N-ethyl adjacent to an activating group) is 1. The van der Waals surface area contributed by atoms with E-state index in [1.165, 1.54) is 37.5 Å². The summed E-state index contributed by atoms with van der Waals surface area (Å²) in [7, 11) is 3.51. The summed E-state index contributed by atoms with van der Waals surface area (Å²) >= 11 is 7.01. The van der Waals surface area contributed by atoms with Crippen molar-refractivity contribution in [2.24, 2.45) is 5.92 Å². The van der Waals surface area contributed by atoms with Crippen LogP contribution in [0.2, 0.25) is 5.02 Å². The van der Waals surface area contributed by atoms with Crippen LogP contribution in [0.3, 0.4) is 0 Å². The smallest absolute Gasteiger partial charge is 0.265 e. The van der Waals surface area contributed by atoms with Gasteiger partial charge in [0.1, 0.15) is 22.8 Å². The topological polar surface area (TPSA) is 127 Å². The van der Waals surface area contributed by atoms with Crippen LogP contribution in [0.25, 0.3) is 11.0 Å². The first-order valence-electron chi connectivity index (χ1n) is 20.3. The molecule has 0 spiro atoms. The first kappa shape index (κ1) is 42.4. The lowest BCUT2D eigenvalue weighted by Crippen LogP contribution is -2.44. The molecule has 14 heteroatoms. The summed E-state index contributed by atoms with van der Waals surface area (Å²) in [5.41, 5.74) is 6.29. The molecule has 5 aromatic rings. The van der Waals surface area contributed by atoms with Crippen molar-refractivity contribution >= 4 is 57.6 Å². The summed E-state index contributed by atoms with van der Waals surface area (Å²) in [6, 6.07) is 23.3. The molecule has 3 aromatic carbocycles. The molecular weight excluding hydrogens is 786 g/mol. The monoisotopic (exact) mass is 839 g/mol. The summed E-state index contributed by atoms with van der Waals surface area (Å²) in [5.74, 6) is 1.86. The fourth-order valence-corrected chi connectivity index (χ4v) is 8.25. The van der Waals surface area contributed by atoms with Crippen LogP contribution in [-0.2, 0) is 9.57 Å². The van der Waals surface area contributed by atoms with Gasteiger partial charge in [-0.15, -0.1) is 5.23 Å². The van der Waals surface area contributed by atoms with E-state index in [1.807, 2.05) is 54.7 Å². The maximum Gasteiger partial charge on any atom is 0.265 e. The van der Waals surface area contributed by atoms with Gasteiger partial charge in [-0.3, -0.25) is 19.6 Å². The first-order chi connectivity index (χ1) is 28.7. The Kier molecular flexibility index (Phi) is 14.7. The Hall–Kier alpha value is -4.76. The molecule has 1 aliphatic carbocycles. The quantitative estimate of drug-likeness (QED) is 0.0545. The zero-order valence-corrected chi connectivity index (χ0v) is 35.5. The van der Waals surface area contributed by atoms with Crippen LogP contribution in [0.1, 0.15) is 60.9 Å². The molecule has 3 aliphatic rings. The lowest BCUT2D eigenvalue weighted by molar-refractivity contribution is -0.0107. The van der Waals surface area contributed by atoms with Crippen molar-refractivity contribution in [3.63, 3.8) is 0 Å². The normalized spacial score (nSPS) is 17.5. The summed E-state index contributed by atoms with van der Waals surface area (Å²) in [6.45, 7) is 8.22. The minimum absolute atomic E-state index is 0.313. The van der Waals surface area contributed by atoms with Crippen LogP contribution in [0.4, 0.5) is 17.1 Å². The maximum atomic E-state index is 13.6. The molecule has 2 aliphatic heterocycles. The molecule has 59 heavy (non-hydrogen) atoms. The van der Waals surface area contributed by atoms with E-state index in [4.69, 9.17) is 25.9 Å². The van der Waals surface area contributed by atoms with Gasteiger partial charge in [0.05, 0.1) is 24.6 Å².